The van der Waals surface area contributed by atoms with Crippen molar-refractivity contribution in [2.24, 2.45) is 0 Å². The van der Waals surface area contributed by atoms with Gasteiger partial charge in [-0.1, -0.05) is 48.5 Å². The maximum Gasteiger partial charge on any atom is 0.246 e. The van der Waals surface area contributed by atoms with Gasteiger partial charge in [-0.2, -0.15) is 5.10 Å². The Kier molecular flexibility index (Phi) is 6.07. The molecule has 0 bridgehead atoms. The summed E-state index contributed by atoms with van der Waals surface area (Å²) < 4.78 is 15.8. The largest absolute Gasteiger partial charge is 0.353 e. The number of halogens is 2. The van der Waals surface area contributed by atoms with Crippen molar-refractivity contribution < 1.29 is 9.18 Å². The van der Waals surface area contributed by atoms with Gasteiger partial charge in [-0.3, -0.25) is 4.79 Å². The van der Waals surface area contributed by atoms with E-state index < -0.39 is 0 Å². The molecule has 1 aliphatic heterocycles. The minimum atomic E-state index is -0.267. The molecule has 0 aliphatic carbocycles. The van der Waals surface area contributed by atoms with Crippen LogP contribution in [-0.2, 0) is 11.3 Å². The minimum absolute atomic E-state index is 0.0447. The average molecular weight is 475 g/mol. The van der Waals surface area contributed by atoms with Gasteiger partial charge >= 0.3 is 0 Å². The monoisotopic (exact) mass is 474 g/mol. The third-order valence-electron chi connectivity index (χ3n) is 6.16. The van der Waals surface area contributed by atoms with Crippen molar-refractivity contribution in [2.75, 3.05) is 31.1 Å². The van der Waals surface area contributed by atoms with E-state index in [1.165, 1.54) is 18.2 Å². The lowest BCUT2D eigenvalue weighted by molar-refractivity contribution is -0.126. The highest BCUT2D eigenvalue weighted by atomic mass is 35.5. The van der Waals surface area contributed by atoms with Gasteiger partial charge < -0.3 is 9.80 Å². The van der Waals surface area contributed by atoms with Gasteiger partial charge in [-0.25, -0.2) is 9.07 Å². The molecule has 1 aliphatic rings. The summed E-state index contributed by atoms with van der Waals surface area (Å²) in [5.74, 6) is 0.694. The molecule has 3 aromatic carbocycles. The molecule has 0 N–H and O–H groups in total. The van der Waals surface area contributed by atoms with E-state index in [0.717, 1.165) is 33.4 Å². The quantitative estimate of drug-likeness (QED) is 0.365. The predicted molar refractivity (Wildman–Crippen MR) is 135 cm³/mol. The number of nitrogens with zero attached hydrogens (tertiary/aromatic N) is 4. The molecule has 172 valence electrons. The second kappa shape index (κ2) is 9.31. The standard InChI is InChI=1S/C27H24ClFN4O/c1-2-26(34)31-11-13-32(14-12-31)27-24-10-9-21(20-6-4-8-23(29)16-20)17-25(24)30-33(27)18-19-5-3-7-22(28)15-19/h2-10,15-17H,1,11-14,18H2. The number of piperazine rings is 1. The number of anilines is 1. The summed E-state index contributed by atoms with van der Waals surface area (Å²) in [5, 5.41) is 6.63. The molecule has 2 heterocycles. The number of hydrogen-bond donors (Lipinski definition) is 0. The Bertz CT molecular complexity index is 1370. The number of rotatable bonds is 5. The number of benzene rings is 3. The molecular formula is C27H24ClFN4O. The van der Waals surface area contributed by atoms with Crippen LogP contribution in [0.4, 0.5) is 10.2 Å². The lowest BCUT2D eigenvalue weighted by Crippen LogP contribution is -2.49. The van der Waals surface area contributed by atoms with Gasteiger partial charge in [0.25, 0.3) is 0 Å². The van der Waals surface area contributed by atoms with E-state index in [4.69, 9.17) is 16.7 Å². The van der Waals surface area contributed by atoms with Crippen LogP contribution in [0.2, 0.25) is 5.02 Å². The van der Waals surface area contributed by atoms with Gasteiger partial charge in [0.2, 0.25) is 5.91 Å². The van der Waals surface area contributed by atoms with E-state index in [1.807, 2.05) is 58.1 Å². The van der Waals surface area contributed by atoms with Crippen molar-refractivity contribution >= 4 is 34.2 Å². The molecule has 0 unspecified atom stereocenters. The highest BCUT2D eigenvalue weighted by molar-refractivity contribution is 6.30. The van der Waals surface area contributed by atoms with Gasteiger partial charge in [-0.05, 0) is 59.2 Å². The van der Waals surface area contributed by atoms with Crippen molar-refractivity contribution in [2.45, 2.75) is 6.54 Å². The second-order valence-electron chi connectivity index (χ2n) is 8.37. The van der Waals surface area contributed by atoms with E-state index in [9.17, 15) is 9.18 Å². The lowest BCUT2D eigenvalue weighted by atomic mass is 10.0. The van der Waals surface area contributed by atoms with Crippen LogP contribution < -0.4 is 4.90 Å². The van der Waals surface area contributed by atoms with Crippen molar-refractivity contribution in [3.63, 3.8) is 0 Å². The topological polar surface area (TPSA) is 41.4 Å². The fourth-order valence-corrected chi connectivity index (χ4v) is 4.70. The molecule has 0 spiro atoms. The average Bonchev–Trinajstić information content (AvgIpc) is 3.20. The van der Waals surface area contributed by atoms with E-state index in [-0.39, 0.29) is 11.7 Å². The normalized spacial score (nSPS) is 13.9. The second-order valence-corrected chi connectivity index (χ2v) is 8.81. The molecule has 1 fully saturated rings. The Morgan fingerprint density at radius 3 is 2.50 bits per heavy atom. The zero-order chi connectivity index (χ0) is 23.7. The molecule has 34 heavy (non-hydrogen) atoms. The SMILES string of the molecule is C=CC(=O)N1CCN(c2c3ccc(-c4cccc(F)c4)cc3nn2Cc2cccc(Cl)c2)CC1. The van der Waals surface area contributed by atoms with Crippen molar-refractivity contribution in [1.82, 2.24) is 14.7 Å². The van der Waals surface area contributed by atoms with Gasteiger partial charge in [0.05, 0.1) is 12.1 Å². The molecular weight excluding hydrogens is 451 g/mol. The molecule has 4 aromatic rings. The Labute approximate surface area is 202 Å². The minimum Gasteiger partial charge on any atom is -0.353 e. The molecule has 0 radical (unpaired) electrons. The highest BCUT2D eigenvalue weighted by Crippen LogP contribution is 2.32. The molecule has 0 atom stereocenters. The number of fused-ring (bicyclic) bond motifs is 1. The van der Waals surface area contributed by atoms with Crippen LogP contribution in [0.15, 0.2) is 79.4 Å². The maximum atomic E-state index is 13.8. The summed E-state index contributed by atoms with van der Waals surface area (Å²) in [6, 6.07) is 20.4. The number of carbonyl (C=O) groups excluding carboxylic acids is 1. The predicted octanol–water partition coefficient (Wildman–Crippen LogP) is 5.38. The summed E-state index contributed by atoms with van der Waals surface area (Å²) in [5.41, 5.74) is 3.60. The fraction of sp³-hybridized carbons (Fsp3) is 0.185. The summed E-state index contributed by atoms with van der Waals surface area (Å²) in [6.45, 7) is 6.79. The number of carbonyl (C=O) groups is 1. The zero-order valence-electron chi connectivity index (χ0n) is 18.6. The number of hydrogen-bond acceptors (Lipinski definition) is 3. The molecule has 1 aromatic heterocycles. The Morgan fingerprint density at radius 1 is 1.00 bits per heavy atom. The maximum absolute atomic E-state index is 13.8. The van der Waals surface area contributed by atoms with Gasteiger partial charge in [0.1, 0.15) is 11.6 Å². The third kappa shape index (κ3) is 4.41. The zero-order valence-corrected chi connectivity index (χ0v) is 19.4. The smallest absolute Gasteiger partial charge is 0.246 e. The molecule has 5 rings (SSSR count). The van der Waals surface area contributed by atoms with Gasteiger partial charge in [0, 0.05) is 36.6 Å². The van der Waals surface area contributed by atoms with Crippen molar-refractivity contribution in [1.29, 1.82) is 0 Å². The lowest BCUT2D eigenvalue weighted by Gasteiger charge is -2.35. The first-order valence-corrected chi connectivity index (χ1v) is 11.6. The molecule has 7 heteroatoms. The molecule has 1 saturated heterocycles. The van der Waals surface area contributed by atoms with Crippen LogP contribution >= 0.6 is 11.6 Å². The summed E-state index contributed by atoms with van der Waals surface area (Å²) in [4.78, 5) is 16.1. The van der Waals surface area contributed by atoms with Crippen LogP contribution in [0.3, 0.4) is 0 Å². The van der Waals surface area contributed by atoms with Crippen molar-refractivity contribution in [3.8, 4) is 11.1 Å². The first-order valence-electron chi connectivity index (χ1n) is 11.2. The Morgan fingerprint density at radius 2 is 1.76 bits per heavy atom. The number of amides is 1. The Hall–Kier alpha value is -3.64. The van der Waals surface area contributed by atoms with Crippen LogP contribution in [-0.4, -0.2) is 46.8 Å². The van der Waals surface area contributed by atoms with E-state index in [0.29, 0.717) is 37.7 Å². The van der Waals surface area contributed by atoms with Crippen LogP contribution in [0.5, 0.6) is 0 Å². The molecule has 1 amide bonds. The summed E-state index contributed by atoms with van der Waals surface area (Å²) in [7, 11) is 0. The van der Waals surface area contributed by atoms with E-state index >= 15 is 0 Å². The van der Waals surface area contributed by atoms with Crippen molar-refractivity contribution in [3.05, 3.63) is 95.8 Å². The van der Waals surface area contributed by atoms with E-state index in [2.05, 4.69) is 11.5 Å². The first-order chi connectivity index (χ1) is 16.5. The fourth-order valence-electron chi connectivity index (χ4n) is 4.49. The summed E-state index contributed by atoms with van der Waals surface area (Å²) >= 11 is 6.22. The Balaban J connectivity index is 1.55. The van der Waals surface area contributed by atoms with E-state index in [1.54, 1.807) is 6.07 Å². The van der Waals surface area contributed by atoms with Crippen LogP contribution in [0.25, 0.3) is 22.0 Å². The third-order valence-corrected chi connectivity index (χ3v) is 6.39. The highest BCUT2D eigenvalue weighted by Gasteiger charge is 2.24. The van der Waals surface area contributed by atoms with Crippen LogP contribution in [0, 0.1) is 5.82 Å². The first kappa shape index (κ1) is 22.2. The molecule has 0 saturated carbocycles. The van der Waals surface area contributed by atoms with Gasteiger partial charge in [0.15, 0.2) is 0 Å². The van der Waals surface area contributed by atoms with Crippen LogP contribution in [0.1, 0.15) is 5.56 Å². The van der Waals surface area contributed by atoms with Gasteiger partial charge in [-0.15, -0.1) is 0 Å². The molecule has 5 nitrogen and oxygen atoms in total. The number of aromatic nitrogens is 2. The summed E-state index contributed by atoms with van der Waals surface area (Å²) in [6.07, 6.45) is 1.36.